The topological polar surface area (TPSA) is 3.24 Å². The molecule has 1 aliphatic heterocycles. The van der Waals surface area contributed by atoms with Gasteiger partial charge in [0.25, 0.3) is 0 Å². The molecule has 16 heavy (non-hydrogen) atoms. The van der Waals surface area contributed by atoms with E-state index in [1.165, 1.54) is 24.5 Å². The monoisotopic (exact) mass is 349 g/mol. The maximum Gasteiger partial charge on any atom is 0.137 e. The molecule has 0 amide bonds. The van der Waals surface area contributed by atoms with Crippen molar-refractivity contribution < 1.29 is 4.39 Å². The van der Waals surface area contributed by atoms with Crippen molar-refractivity contribution in [3.05, 3.63) is 34.1 Å². The summed E-state index contributed by atoms with van der Waals surface area (Å²) in [6.45, 7) is 3.15. The van der Waals surface area contributed by atoms with Crippen LogP contribution in [0.3, 0.4) is 0 Å². The molecular formula is C12H14Br2FN. The summed E-state index contributed by atoms with van der Waals surface area (Å²) >= 11 is 6.86. The number of piperidine rings is 1. The Bertz CT molecular complexity index is 362. The Balaban J connectivity index is 1.96. The predicted octanol–water partition coefficient (Wildman–Crippen LogP) is 3.95. The Labute approximate surface area is 112 Å². The van der Waals surface area contributed by atoms with Crippen LogP contribution in [0.1, 0.15) is 18.4 Å². The fourth-order valence-corrected chi connectivity index (χ4v) is 2.79. The summed E-state index contributed by atoms with van der Waals surface area (Å²) in [6.07, 6.45) is 2.39. The van der Waals surface area contributed by atoms with E-state index in [1.54, 1.807) is 0 Å². The maximum atomic E-state index is 13.1. The van der Waals surface area contributed by atoms with Crippen LogP contribution in [0.15, 0.2) is 22.7 Å². The van der Waals surface area contributed by atoms with Crippen molar-refractivity contribution in [3.63, 3.8) is 0 Å². The molecule has 0 unspecified atom stereocenters. The molecular weight excluding hydrogens is 337 g/mol. The molecule has 1 heterocycles. The van der Waals surface area contributed by atoms with E-state index in [1.807, 2.05) is 12.1 Å². The average molecular weight is 351 g/mol. The van der Waals surface area contributed by atoms with Gasteiger partial charge in [0.15, 0.2) is 0 Å². The highest BCUT2D eigenvalue weighted by Crippen LogP contribution is 2.21. The van der Waals surface area contributed by atoms with Gasteiger partial charge in [0, 0.05) is 11.4 Å². The molecule has 0 aromatic heterocycles. The smallest absolute Gasteiger partial charge is 0.137 e. The van der Waals surface area contributed by atoms with Crippen LogP contribution in [0.4, 0.5) is 4.39 Å². The second kappa shape index (κ2) is 5.61. The van der Waals surface area contributed by atoms with Gasteiger partial charge in [0.1, 0.15) is 5.82 Å². The van der Waals surface area contributed by atoms with Gasteiger partial charge in [-0.15, -0.1) is 0 Å². The first kappa shape index (κ1) is 12.5. The molecule has 0 spiro atoms. The SMILES string of the molecule is Fc1ccc(CN2CCC(Br)CC2)cc1Br. The van der Waals surface area contributed by atoms with Crippen LogP contribution in [0.5, 0.6) is 0 Å². The molecule has 0 aliphatic carbocycles. The normalized spacial score (nSPS) is 18.9. The largest absolute Gasteiger partial charge is 0.299 e. The lowest BCUT2D eigenvalue weighted by atomic mass is 10.1. The Kier molecular flexibility index (Phi) is 4.39. The van der Waals surface area contributed by atoms with Crippen LogP contribution in [-0.4, -0.2) is 22.8 Å². The standard InChI is InChI=1S/C12H14Br2FN/c13-10-3-5-16(6-4-10)8-9-1-2-12(15)11(14)7-9/h1-2,7,10H,3-6,8H2. The van der Waals surface area contributed by atoms with E-state index >= 15 is 0 Å². The van der Waals surface area contributed by atoms with Crippen LogP contribution in [0.25, 0.3) is 0 Å². The van der Waals surface area contributed by atoms with Gasteiger partial charge >= 0.3 is 0 Å². The zero-order valence-corrected chi connectivity index (χ0v) is 12.1. The highest BCUT2D eigenvalue weighted by Gasteiger charge is 2.16. The summed E-state index contributed by atoms with van der Waals surface area (Å²) in [5, 5.41) is 0. The van der Waals surface area contributed by atoms with E-state index in [9.17, 15) is 4.39 Å². The predicted molar refractivity (Wildman–Crippen MR) is 71.3 cm³/mol. The summed E-state index contributed by atoms with van der Waals surface area (Å²) in [7, 11) is 0. The minimum atomic E-state index is -0.192. The number of halogens is 3. The summed E-state index contributed by atoms with van der Waals surface area (Å²) in [6, 6.07) is 5.26. The van der Waals surface area contributed by atoms with Crippen molar-refractivity contribution in [2.75, 3.05) is 13.1 Å². The molecule has 0 bridgehead atoms. The molecule has 1 aromatic carbocycles. The molecule has 4 heteroatoms. The van der Waals surface area contributed by atoms with Crippen molar-refractivity contribution >= 4 is 31.9 Å². The van der Waals surface area contributed by atoms with E-state index in [0.717, 1.165) is 19.6 Å². The molecule has 0 N–H and O–H groups in total. The Morgan fingerprint density at radius 3 is 2.62 bits per heavy atom. The van der Waals surface area contributed by atoms with Gasteiger partial charge in [-0.1, -0.05) is 22.0 Å². The quantitative estimate of drug-likeness (QED) is 0.730. The number of rotatable bonds is 2. The fourth-order valence-electron chi connectivity index (χ4n) is 1.96. The summed E-state index contributed by atoms with van der Waals surface area (Å²) in [5.41, 5.74) is 1.17. The Morgan fingerprint density at radius 2 is 2.00 bits per heavy atom. The van der Waals surface area contributed by atoms with E-state index in [4.69, 9.17) is 0 Å². The van der Waals surface area contributed by atoms with E-state index in [2.05, 4.69) is 36.8 Å². The number of hydrogen-bond acceptors (Lipinski definition) is 1. The minimum absolute atomic E-state index is 0.192. The van der Waals surface area contributed by atoms with Gasteiger partial charge in [0.2, 0.25) is 0 Å². The first-order valence-electron chi connectivity index (χ1n) is 5.45. The van der Waals surface area contributed by atoms with Gasteiger partial charge in [0.05, 0.1) is 4.47 Å². The lowest BCUT2D eigenvalue weighted by molar-refractivity contribution is 0.226. The van der Waals surface area contributed by atoms with Gasteiger partial charge < -0.3 is 0 Å². The highest BCUT2D eigenvalue weighted by atomic mass is 79.9. The zero-order valence-electron chi connectivity index (χ0n) is 8.93. The van der Waals surface area contributed by atoms with E-state index in [-0.39, 0.29) is 5.82 Å². The summed E-state index contributed by atoms with van der Waals surface area (Å²) in [4.78, 5) is 3.08. The van der Waals surface area contributed by atoms with Gasteiger partial charge in [-0.25, -0.2) is 4.39 Å². The molecule has 1 fully saturated rings. The second-order valence-corrected chi connectivity index (χ2v) is 6.35. The first-order chi connectivity index (χ1) is 7.65. The number of alkyl halides is 1. The number of benzene rings is 1. The van der Waals surface area contributed by atoms with Crippen molar-refractivity contribution in [2.45, 2.75) is 24.2 Å². The molecule has 0 saturated carbocycles. The van der Waals surface area contributed by atoms with Gasteiger partial charge in [-0.3, -0.25) is 4.90 Å². The van der Waals surface area contributed by atoms with Gasteiger partial charge in [-0.2, -0.15) is 0 Å². The lowest BCUT2D eigenvalue weighted by Gasteiger charge is -2.29. The van der Waals surface area contributed by atoms with Crippen LogP contribution >= 0.6 is 31.9 Å². The third-order valence-corrected chi connectivity index (χ3v) is 4.43. The van der Waals surface area contributed by atoms with Crippen LogP contribution < -0.4 is 0 Å². The molecule has 1 aromatic rings. The molecule has 1 aliphatic rings. The van der Waals surface area contributed by atoms with E-state index < -0.39 is 0 Å². The molecule has 88 valence electrons. The molecule has 0 radical (unpaired) electrons. The first-order valence-corrected chi connectivity index (χ1v) is 7.16. The molecule has 2 rings (SSSR count). The van der Waals surface area contributed by atoms with Crippen molar-refractivity contribution in [1.82, 2.24) is 4.90 Å². The molecule has 0 atom stereocenters. The second-order valence-electron chi connectivity index (χ2n) is 4.20. The maximum absolute atomic E-state index is 13.1. The third kappa shape index (κ3) is 3.28. The Morgan fingerprint density at radius 1 is 1.31 bits per heavy atom. The summed E-state index contributed by atoms with van der Waals surface area (Å²) < 4.78 is 13.6. The van der Waals surface area contributed by atoms with Gasteiger partial charge in [-0.05, 0) is 59.6 Å². The van der Waals surface area contributed by atoms with Crippen molar-refractivity contribution in [3.8, 4) is 0 Å². The lowest BCUT2D eigenvalue weighted by Crippen LogP contribution is -2.33. The fraction of sp³-hybridized carbons (Fsp3) is 0.500. The number of likely N-dealkylation sites (tertiary alicyclic amines) is 1. The van der Waals surface area contributed by atoms with Crippen molar-refractivity contribution in [1.29, 1.82) is 0 Å². The van der Waals surface area contributed by atoms with Crippen LogP contribution in [-0.2, 0) is 6.54 Å². The van der Waals surface area contributed by atoms with Crippen LogP contribution in [0, 0.1) is 5.82 Å². The molecule has 1 saturated heterocycles. The van der Waals surface area contributed by atoms with Crippen molar-refractivity contribution in [2.24, 2.45) is 0 Å². The minimum Gasteiger partial charge on any atom is -0.299 e. The number of nitrogens with zero attached hydrogens (tertiary/aromatic N) is 1. The highest BCUT2D eigenvalue weighted by molar-refractivity contribution is 9.10. The Hall–Kier alpha value is 0.0700. The molecule has 1 nitrogen and oxygen atoms in total. The zero-order chi connectivity index (χ0) is 11.5. The average Bonchev–Trinajstić information content (AvgIpc) is 2.27. The van der Waals surface area contributed by atoms with Crippen LogP contribution in [0.2, 0.25) is 0 Å². The summed E-state index contributed by atoms with van der Waals surface area (Å²) in [5.74, 6) is -0.192. The third-order valence-electron chi connectivity index (χ3n) is 2.91. The van der Waals surface area contributed by atoms with E-state index in [0.29, 0.717) is 9.30 Å². The number of hydrogen-bond donors (Lipinski definition) is 0.